The van der Waals surface area contributed by atoms with Crippen molar-refractivity contribution in [1.82, 2.24) is 0 Å². The Hall–Kier alpha value is -0.520. The van der Waals surface area contributed by atoms with Crippen LogP contribution in [0.4, 0.5) is 13.2 Å². The average Bonchev–Trinajstić information content (AvgIpc) is 2.33. The second-order valence-electron chi connectivity index (χ2n) is 3.79. The van der Waals surface area contributed by atoms with Gasteiger partial charge in [-0.15, -0.1) is 0 Å². The first-order valence-corrected chi connectivity index (χ1v) is 7.23. The predicted octanol–water partition coefficient (Wildman–Crippen LogP) is 6.00. The lowest BCUT2D eigenvalue weighted by Crippen LogP contribution is -2.03. The molecule has 6 heteroatoms. The Labute approximate surface area is 129 Å². The molecule has 2 aromatic carbocycles. The minimum atomic E-state index is -0.959. The molecule has 100 valence electrons. The highest BCUT2D eigenvalue weighted by Crippen LogP contribution is 2.38. The molecule has 0 aliphatic carbocycles. The molecule has 0 fully saturated rings. The molecular weight excluding hydrogens is 408 g/mol. The molecule has 1 atom stereocenters. The van der Waals surface area contributed by atoms with Crippen molar-refractivity contribution in [2.45, 2.75) is 4.83 Å². The molecule has 0 aliphatic heterocycles. The lowest BCUT2D eigenvalue weighted by molar-refractivity contribution is 0.555. The van der Waals surface area contributed by atoms with E-state index in [-0.39, 0.29) is 16.1 Å². The molecular formula is C13H6Br2ClF3. The third-order valence-corrected chi connectivity index (χ3v) is 4.71. The molecule has 1 unspecified atom stereocenters. The number of alkyl halides is 1. The first kappa shape index (κ1) is 14.9. The van der Waals surface area contributed by atoms with Crippen LogP contribution >= 0.6 is 43.5 Å². The zero-order valence-electron chi connectivity index (χ0n) is 9.23. The fourth-order valence-electron chi connectivity index (χ4n) is 1.64. The van der Waals surface area contributed by atoms with Crippen molar-refractivity contribution in [2.24, 2.45) is 0 Å². The van der Waals surface area contributed by atoms with Crippen molar-refractivity contribution in [3.8, 4) is 0 Å². The van der Waals surface area contributed by atoms with Crippen molar-refractivity contribution in [3.05, 3.63) is 68.4 Å². The minimum Gasteiger partial charge on any atom is -0.207 e. The molecule has 2 rings (SSSR count). The monoisotopic (exact) mass is 412 g/mol. The highest BCUT2D eigenvalue weighted by molar-refractivity contribution is 9.10. The maximum atomic E-state index is 13.9. The molecule has 2 aromatic rings. The van der Waals surface area contributed by atoms with Crippen molar-refractivity contribution in [1.29, 1.82) is 0 Å². The minimum absolute atomic E-state index is 0.0669. The Morgan fingerprint density at radius 3 is 2.16 bits per heavy atom. The van der Waals surface area contributed by atoms with Crippen molar-refractivity contribution >= 4 is 43.5 Å². The van der Waals surface area contributed by atoms with Gasteiger partial charge < -0.3 is 0 Å². The van der Waals surface area contributed by atoms with Gasteiger partial charge in [0.15, 0.2) is 0 Å². The van der Waals surface area contributed by atoms with Crippen LogP contribution in [0.25, 0.3) is 0 Å². The van der Waals surface area contributed by atoms with E-state index in [1.165, 1.54) is 12.1 Å². The lowest BCUT2D eigenvalue weighted by Gasteiger charge is -2.14. The summed E-state index contributed by atoms with van der Waals surface area (Å²) in [5.74, 6) is -2.11. The van der Waals surface area contributed by atoms with Crippen LogP contribution in [0.2, 0.25) is 5.02 Å². The summed E-state index contributed by atoms with van der Waals surface area (Å²) in [6.07, 6.45) is 0. The Kier molecular flexibility index (Phi) is 4.58. The SMILES string of the molecule is Fc1cc(Br)c(Cl)cc1C(Br)c1c(F)cccc1F. The quantitative estimate of drug-likeness (QED) is 0.417. The first-order valence-electron chi connectivity index (χ1n) is 5.14. The van der Waals surface area contributed by atoms with E-state index in [0.29, 0.717) is 4.47 Å². The Balaban J connectivity index is 2.56. The van der Waals surface area contributed by atoms with Gasteiger partial charge in [-0.2, -0.15) is 0 Å². The number of hydrogen-bond donors (Lipinski definition) is 0. The maximum absolute atomic E-state index is 13.9. The molecule has 0 bridgehead atoms. The standard InChI is InChI=1S/C13H6Br2ClF3/c14-7-5-11(19)6(4-8(7)16)13(15)12-9(17)2-1-3-10(12)18/h1-5,13H. The van der Waals surface area contributed by atoms with Crippen molar-refractivity contribution in [3.63, 3.8) is 0 Å². The van der Waals surface area contributed by atoms with E-state index >= 15 is 0 Å². The van der Waals surface area contributed by atoms with E-state index in [2.05, 4.69) is 31.9 Å². The molecule has 0 heterocycles. The topological polar surface area (TPSA) is 0 Å². The number of rotatable bonds is 2. The van der Waals surface area contributed by atoms with Crippen LogP contribution in [0, 0.1) is 17.5 Å². The van der Waals surface area contributed by atoms with Crippen LogP contribution in [0.5, 0.6) is 0 Å². The average molecular weight is 414 g/mol. The second kappa shape index (κ2) is 5.85. The largest absolute Gasteiger partial charge is 0.207 e. The van der Waals surface area contributed by atoms with Gasteiger partial charge in [0.05, 0.1) is 9.85 Å². The van der Waals surface area contributed by atoms with Gasteiger partial charge in [-0.25, -0.2) is 13.2 Å². The van der Waals surface area contributed by atoms with E-state index in [9.17, 15) is 13.2 Å². The number of hydrogen-bond acceptors (Lipinski definition) is 0. The zero-order valence-corrected chi connectivity index (χ0v) is 13.2. The van der Waals surface area contributed by atoms with Crippen molar-refractivity contribution < 1.29 is 13.2 Å². The van der Waals surface area contributed by atoms with Crippen LogP contribution in [0.1, 0.15) is 16.0 Å². The summed E-state index contributed by atoms with van der Waals surface area (Å²) in [5.41, 5.74) is -0.183. The van der Waals surface area contributed by atoms with Gasteiger partial charge >= 0.3 is 0 Å². The fourth-order valence-corrected chi connectivity index (χ4v) is 2.92. The van der Waals surface area contributed by atoms with Gasteiger partial charge in [-0.05, 0) is 40.2 Å². The van der Waals surface area contributed by atoms with Gasteiger partial charge in [-0.1, -0.05) is 33.6 Å². The van der Waals surface area contributed by atoms with E-state index in [1.807, 2.05) is 0 Å². The van der Waals surface area contributed by atoms with E-state index in [0.717, 1.165) is 18.2 Å². The van der Waals surface area contributed by atoms with E-state index in [4.69, 9.17) is 11.6 Å². The van der Waals surface area contributed by atoms with Gasteiger partial charge in [0, 0.05) is 15.6 Å². The molecule has 0 saturated carbocycles. The molecule has 0 amide bonds. The smallest absolute Gasteiger partial charge is 0.130 e. The Morgan fingerprint density at radius 2 is 1.58 bits per heavy atom. The van der Waals surface area contributed by atoms with Crippen molar-refractivity contribution in [2.75, 3.05) is 0 Å². The molecule has 0 aromatic heterocycles. The molecule has 0 radical (unpaired) electrons. The number of halogens is 6. The van der Waals surface area contributed by atoms with E-state index in [1.54, 1.807) is 0 Å². The van der Waals surface area contributed by atoms with Gasteiger partial charge in [0.25, 0.3) is 0 Å². The highest BCUT2D eigenvalue weighted by Gasteiger charge is 2.23. The maximum Gasteiger partial charge on any atom is 0.130 e. The van der Waals surface area contributed by atoms with Gasteiger partial charge in [0.2, 0.25) is 0 Å². The van der Waals surface area contributed by atoms with Gasteiger partial charge in [0.1, 0.15) is 17.5 Å². The zero-order chi connectivity index (χ0) is 14.2. The Morgan fingerprint density at radius 1 is 1.00 bits per heavy atom. The van der Waals surface area contributed by atoms with Crippen LogP contribution in [0.15, 0.2) is 34.8 Å². The van der Waals surface area contributed by atoms with Crippen LogP contribution in [-0.4, -0.2) is 0 Å². The summed E-state index contributed by atoms with van der Waals surface area (Å²) in [5, 5.41) is 0.262. The lowest BCUT2D eigenvalue weighted by atomic mass is 10.0. The predicted molar refractivity (Wildman–Crippen MR) is 76.2 cm³/mol. The summed E-state index contributed by atoms with van der Waals surface area (Å²) in [6, 6.07) is 5.96. The van der Waals surface area contributed by atoms with Crippen LogP contribution < -0.4 is 0 Å². The van der Waals surface area contributed by atoms with Crippen LogP contribution in [-0.2, 0) is 0 Å². The normalized spacial score (nSPS) is 12.5. The summed E-state index contributed by atoms with van der Waals surface area (Å²) < 4.78 is 41.6. The molecule has 0 aliphatic rings. The van der Waals surface area contributed by atoms with Gasteiger partial charge in [-0.3, -0.25) is 0 Å². The number of benzene rings is 2. The second-order valence-corrected chi connectivity index (χ2v) is 5.96. The molecule has 19 heavy (non-hydrogen) atoms. The first-order chi connectivity index (χ1) is 8.91. The van der Waals surface area contributed by atoms with Crippen LogP contribution in [0.3, 0.4) is 0 Å². The highest BCUT2D eigenvalue weighted by atomic mass is 79.9. The molecule has 0 N–H and O–H groups in total. The third kappa shape index (κ3) is 2.98. The summed E-state index contributed by atoms with van der Waals surface area (Å²) in [6.45, 7) is 0. The van der Waals surface area contributed by atoms with E-state index < -0.39 is 22.3 Å². The molecule has 0 spiro atoms. The third-order valence-electron chi connectivity index (χ3n) is 2.57. The molecule has 0 saturated heterocycles. The summed E-state index contributed by atoms with van der Waals surface area (Å²) >= 11 is 12.1. The summed E-state index contributed by atoms with van der Waals surface area (Å²) in [7, 11) is 0. The Bertz CT molecular complexity index is 611. The molecule has 0 nitrogen and oxygen atoms in total. The summed E-state index contributed by atoms with van der Waals surface area (Å²) in [4.78, 5) is -0.959. The fraction of sp³-hybridized carbons (Fsp3) is 0.0769.